The smallest absolute Gasteiger partial charge is 0.134 e. The third kappa shape index (κ3) is 4.85. The highest BCUT2D eigenvalue weighted by Gasteiger charge is 2.44. The lowest BCUT2D eigenvalue weighted by Crippen LogP contribution is -2.39. The second kappa shape index (κ2) is 10.1. The summed E-state index contributed by atoms with van der Waals surface area (Å²) in [4.78, 5) is 0. The molecule has 0 radical (unpaired) electrons. The number of rotatable bonds is 7. The van der Waals surface area contributed by atoms with E-state index in [-0.39, 0.29) is 12.0 Å². The molecule has 1 aliphatic rings. The molecule has 0 heterocycles. The Morgan fingerprint density at radius 2 is 1.48 bits per heavy atom. The van der Waals surface area contributed by atoms with Crippen LogP contribution in [-0.2, 0) is 0 Å². The highest BCUT2D eigenvalue weighted by atomic mass is 19.1. The van der Waals surface area contributed by atoms with Crippen LogP contribution in [0.1, 0.15) is 56.9 Å². The van der Waals surface area contributed by atoms with Crippen LogP contribution in [0.4, 0.5) is 17.6 Å². The molecule has 1 aliphatic carbocycles. The quantitative estimate of drug-likeness (QED) is 0.312. The highest BCUT2D eigenvalue weighted by Crippen LogP contribution is 2.48. The molecular formula is C29H30F4. The highest BCUT2D eigenvalue weighted by molar-refractivity contribution is 5.71. The summed E-state index contributed by atoms with van der Waals surface area (Å²) in [5.74, 6) is -2.36. The molecule has 0 spiro atoms. The van der Waals surface area contributed by atoms with Crippen LogP contribution in [-0.4, -0.2) is 12.3 Å². The van der Waals surface area contributed by atoms with Crippen molar-refractivity contribution in [2.75, 3.05) is 6.67 Å². The van der Waals surface area contributed by atoms with E-state index in [1.807, 2.05) is 42.5 Å². The van der Waals surface area contributed by atoms with Gasteiger partial charge in [0.2, 0.25) is 0 Å². The standard InChI is InChI=1S/C29H30F4/c1-2-29(33)16-7-6-10-25(29)24(15-17-30)23-18-26(31)28(27(32)19-23)22-13-11-21(12-14-22)20-8-4-3-5-9-20/h3-5,8-9,11-14,18-19,24-25H,2,6-7,10,15-17H2,1H3. The Morgan fingerprint density at radius 3 is 2.09 bits per heavy atom. The SMILES string of the molecule is CCC1(F)CCCCC1C(CCF)c1cc(F)c(-c2ccc(-c3ccccc3)cc2)c(F)c1. The summed E-state index contributed by atoms with van der Waals surface area (Å²) in [7, 11) is 0. The minimum absolute atomic E-state index is 0.0698. The number of hydrogen-bond acceptors (Lipinski definition) is 0. The fourth-order valence-corrected chi connectivity index (χ4v) is 5.49. The van der Waals surface area contributed by atoms with Gasteiger partial charge in [0.1, 0.15) is 17.3 Å². The van der Waals surface area contributed by atoms with Gasteiger partial charge in [-0.25, -0.2) is 13.2 Å². The topological polar surface area (TPSA) is 0 Å². The van der Waals surface area contributed by atoms with Gasteiger partial charge in [0.25, 0.3) is 0 Å². The molecule has 4 heteroatoms. The number of hydrogen-bond donors (Lipinski definition) is 0. The number of benzene rings is 3. The van der Waals surface area contributed by atoms with E-state index in [9.17, 15) is 4.39 Å². The summed E-state index contributed by atoms with van der Waals surface area (Å²) in [5.41, 5.74) is 1.24. The van der Waals surface area contributed by atoms with Crippen molar-refractivity contribution < 1.29 is 17.6 Å². The monoisotopic (exact) mass is 454 g/mol. The second-order valence-electron chi connectivity index (χ2n) is 9.13. The molecule has 0 N–H and O–H groups in total. The largest absolute Gasteiger partial charge is 0.251 e. The van der Waals surface area contributed by atoms with E-state index >= 15 is 13.2 Å². The molecule has 4 rings (SSSR count). The van der Waals surface area contributed by atoms with Crippen LogP contribution in [0.25, 0.3) is 22.3 Å². The van der Waals surface area contributed by atoms with E-state index in [4.69, 9.17) is 0 Å². The van der Waals surface area contributed by atoms with Crippen LogP contribution < -0.4 is 0 Å². The normalized spacial score (nSPS) is 21.7. The molecule has 0 bridgehead atoms. The Morgan fingerprint density at radius 1 is 0.879 bits per heavy atom. The molecule has 3 unspecified atom stereocenters. The fourth-order valence-electron chi connectivity index (χ4n) is 5.49. The van der Waals surface area contributed by atoms with Crippen LogP contribution in [0.15, 0.2) is 66.7 Å². The Hall–Kier alpha value is -2.62. The molecule has 1 fully saturated rings. The summed E-state index contributed by atoms with van der Waals surface area (Å²) in [5, 5.41) is 0. The van der Waals surface area contributed by atoms with Gasteiger partial charge in [-0.3, -0.25) is 4.39 Å². The van der Waals surface area contributed by atoms with Crippen molar-refractivity contribution in [3.63, 3.8) is 0 Å². The molecular weight excluding hydrogens is 424 g/mol. The molecule has 0 saturated heterocycles. The summed E-state index contributed by atoms with van der Waals surface area (Å²) in [6.07, 6.45) is 3.09. The van der Waals surface area contributed by atoms with Gasteiger partial charge in [-0.2, -0.15) is 0 Å². The zero-order valence-electron chi connectivity index (χ0n) is 19.0. The fraction of sp³-hybridized carbons (Fsp3) is 0.379. The van der Waals surface area contributed by atoms with E-state index in [2.05, 4.69) is 0 Å². The first-order chi connectivity index (χ1) is 16.0. The first kappa shape index (κ1) is 23.5. The molecule has 0 nitrogen and oxygen atoms in total. The average Bonchev–Trinajstić information content (AvgIpc) is 2.83. The molecule has 3 aromatic rings. The van der Waals surface area contributed by atoms with Gasteiger partial charge >= 0.3 is 0 Å². The van der Waals surface area contributed by atoms with E-state index in [1.165, 1.54) is 12.1 Å². The molecule has 0 amide bonds. The molecule has 3 aromatic carbocycles. The van der Waals surface area contributed by atoms with Gasteiger partial charge in [0, 0.05) is 0 Å². The third-order valence-electron chi connectivity index (χ3n) is 7.29. The molecule has 0 aliphatic heterocycles. The molecule has 1 saturated carbocycles. The van der Waals surface area contributed by atoms with Crippen molar-refractivity contribution in [3.8, 4) is 22.3 Å². The van der Waals surface area contributed by atoms with E-state index < -0.39 is 35.8 Å². The molecule has 33 heavy (non-hydrogen) atoms. The van der Waals surface area contributed by atoms with E-state index in [0.29, 0.717) is 30.4 Å². The summed E-state index contributed by atoms with van der Waals surface area (Å²) >= 11 is 0. The van der Waals surface area contributed by atoms with Crippen molar-refractivity contribution >= 4 is 0 Å². The lowest BCUT2D eigenvalue weighted by atomic mass is 9.66. The van der Waals surface area contributed by atoms with Crippen LogP contribution in [0.5, 0.6) is 0 Å². The Balaban J connectivity index is 1.67. The molecule has 174 valence electrons. The average molecular weight is 455 g/mol. The van der Waals surface area contributed by atoms with E-state index in [0.717, 1.165) is 24.0 Å². The lowest BCUT2D eigenvalue weighted by molar-refractivity contribution is 0.0155. The van der Waals surface area contributed by atoms with Gasteiger partial charge in [-0.15, -0.1) is 0 Å². The van der Waals surface area contributed by atoms with Crippen molar-refractivity contribution in [1.29, 1.82) is 0 Å². The maximum atomic E-state index is 15.6. The van der Waals surface area contributed by atoms with Crippen LogP contribution in [0.3, 0.4) is 0 Å². The summed E-state index contributed by atoms with van der Waals surface area (Å²) in [6, 6.07) is 19.4. The summed E-state index contributed by atoms with van der Waals surface area (Å²) in [6.45, 7) is 1.15. The minimum Gasteiger partial charge on any atom is -0.251 e. The van der Waals surface area contributed by atoms with Gasteiger partial charge < -0.3 is 0 Å². The lowest BCUT2D eigenvalue weighted by Gasteiger charge is -2.42. The predicted molar refractivity (Wildman–Crippen MR) is 127 cm³/mol. The van der Waals surface area contributed by atoms with Crippen LogP contribution in [0, 0.1) is 17.6 Å². The van der Waals surface area contributed by atoms with Crippen LogP contribution >= 0.6 is 0 Å². The van der Waals surface area contributed by atoms with Gasteiger partial charge in [-0.05, 0) is 71.9 Å². The third-order valence-corrected chi connectivity index (χ3v) is 7.29. The first-order valence-corrected chi connectivity index (χ1v) is 11.9. The van der Waals surface area contributed by atoms with E-state index in [1.54, 1.807) is 19.1 Å². The van der Waals surface area contributed by atoms with Gasteiger partial charge in [-0.1, -0.05) is 74.4 Å². The zero-order chi connectivity index (χ0) is 23.4. The molecule has 3 atom stereocenters. The second-order valence-corrected chi connectivity index (χ2v) is 9.13. The maximum Gasteiger partial charge on any atom is 0.134 e. The Kier molecular flexibility index (Phi) is 7.21. The number of halogens is 4. The van der Waals surface area contributed by atoms with Crippen molar-refractivity contribution in [2.45, 2.75) is 57.0 Å². The Labute approximate surface area is 193 Å². The van der Waals surface area contributed by atoms with Gasteiger partial charge in [0.15, 0.2) is 0 Å². The first-order valence-electron chi connectivity index (χ1n) is 11.9. The zero-order valence-corrected chi connectivity index (χ0v) is 19.0. The number of alkyl halides is 2. The van der Waals surface area contributed by atoms with Gasteiger partial charge in [0.05, 0.1) is 12.2 Å². The van der Waals surface area contributed by atoms with Crippen LogP contribution in [0.2, 0.25) is 0 Å². The Bertz CT molecular complexity index is 1040. The predicted octanol–water partition coefficient (Wildman–Crippen LogP) is 9.05. The maximum absolute atomic E-state index is 15.6. The minimum atomic E-state index is -1.42. The summed E-state index contributed by atoms with van der Waals surface area (Å²) < 4.78 is 59.6. The van der Waals surface area contributed by atoms with Crippen molar-refractivity contribution in [1.82, 2.24) is 0 Å². The van der Waals surface area contributed by atoms with Crippen molar-refractivity contribution in [3.05, 3.63) is 83.9 Å². The molecule has 0 aromatic heterocycles. The van der Waals surface area contributed by atoms with Crippen molar-refractivity contribution in [2.24, 2.45) is 5.92 Å².